The minimum atomic E-state index is -0.470. The van der Waals surface area contributed by atoms with Crippen molar-refractivity contribution in [3.05, 3.63) is 50.8 Å². The summed E-state index contributed by atoms with van der Waals surface area (Å²) in [5.41, 5.74) is 2.27. The Bertz CT molecular complexity index is 1120. The van der Waals surface area contributed by atoms with Crippen LogP contribution >= 0.6 is 35.0 Å². The molecule has 0 saturated carbocycles. The maximum atomic E-state index is 13.7. The Labute approximate surface area is 280 Å². The van der Waals surface area contributed by atoms with E-state index in [9.17, 15) is 9.59 Å². The maximum absolute atomic E-state index is 13.7. The van der Waals surface area contributed by atoms with E-state index in [2.05, 4.69) is 5.32 Å². The lowest BCUT2D eigenvalue weighted by atomic mass is 9.87. The maximum Gasteiger partial charge on any atom is 0.337 e. The van der Waals surface area contributed by atoms with Crippen molar-refractivity contribution in [2.75, 3.05) is 78.1 Å². The SMILES string of the molecule is CC1=C(C(=O)OCCSc2cc(Cl)cc(Cl)c2)C(C)C(C(=O)OC(C[NH+]2CCOCC2)C[NH+]2CCOCC2)=C(C)N1.[Cl-].[Cl-]. The van der Waals surface area contributed by atoms with Crippen LogP contribution in [-0.4, -0.2) is 96.1 Å². The van der Waals surface area contributed by atoms with Crippen molar-refractivity contribution >= 4 is 46.9 Å². The molecule has 3 N–H and O–H groups in total. The first kappa shape index (κ1) is 38.0. The smallest absolute Gasteiger partial charge is 0.337 e. The Morgan fingerprint density at radius 2 is 1.40 bits per heavy atom. The summed E-state index contributed by atoms with van der Waals surface area (Å²) in [6.07, 6.45) is -0.254. The van der Waals surface area contributed by atoms with Crippen molar-refractivity contribution in [1.29, 1.82) is 0 Å². The number of hydrogen-bond donors (Lipinski definition) is 3. The van der Waals surface area contributed by atoms with Crippen LogP contribution in [0.3, 0.4) is 0 Å². The monoisotopic (exact) mass is 699 g/mol. The van der Waals surface area contributed by atoms with Crippen molar-refractivity contribution < 1.29 is 63.2 Å². The highest BCUT2D eigenvalue weighted by molar-refractivity contribution is 7.99. The molecule has 4 rings (SSSR count). The molecule has 14 heteroatoms. The molecule has 43 heavy (non-hydrogen) atoms. The van der Waals surface area contributed by atoms with E-state index in [-0.39, 0.29) is 43.5 Å². The number of quaternary nitrogens is 2. The van der Waals surface area contributed by atoms with Gasteiger partial charge in [-0.05, 0) is 32.0 Å². The Morgan fingerprint density at radius 1 is 0.907 bits per heavy atom. The number of hydrogen-bond acceptors (Lipinski definition) is 8. The molecular weight excluding hydrogens is 660 g/mol. The van der Waals surface area contributed by atoms with Crippen LogP contribution < -0.4 is 39.9 Å². The standard InChI is InChI=1S/C29H39Cl2N3O6S.2ClH/c1-19-26(28(35)39-12-13-41-25-15-22(30)14-23(31)16-25)20(2)32-21(3)27(19)29(36)40-24(17-33-4-8-37-9-5-33)18-34-6-10-38-11-7-34;;/h14-16,19,24,32H,4-13,17-18H2,1-3H3;2*1H. The van der Waals surface area contributed by atoms with Crippen molar-refractivity contribution in [3.63, 3.8) is 0 Å². The molecule has 0 bridgehead atoms. The lowest BCUT2D eigenvalue weighted by molar-refractivity contribution is -0.931. The van der Waals surface area contributed by atoms with Gasteiger partial charge >= 0.3 is 11.9 Å². The van der Waals surface area contributed by atoms with Crippen LogP contribution in [0.5, 0.6) is 0 Å². The van der Waals surface area contributed by atoms with Crippen LogP contribution in [0.15, 0.2) is 45.6 Å². The van der Waals surface area contributed by atoms with Crippen molar-refractivity contribution in [2.24, 2.45) is 5.92 Å². The number of allylic oxidation sites excluding steroid dienone is 2. The van der Waals surface area contributed by atoms with Gasteiger partial charge in [0.1, 0.15) is 45.9 Å². The van der Waals surface area contributed by atoms with Crippen LogP contribution in [-0.2, 0) is 28.5 Å². The zero-order chi connectivity index (χ0) is 29.4. The summed E-state index contributed by atoms with van der Waals surface area (Å²) in [6.45, 7) is 13.6. The summed E-state index contributed by atoms with van der Waals surface area (Å²) in [5, 5.41) is 4.33. The van der Waals surface area contributed by atoms with Gasteiger partial charge in [0.15, 0.2) is 6.10 Å². The van der Waals surface area contributed by atoms with Gasteiger partial charge in [-0.15, -0.1) is 11.8 Å². The quantitative estimate of drug-likeness (QED) is 0.121. The average Bonchev–Trinajstić information content (AvgIpc) is 2.91. The number of carbonyl (C=O) groups excluding carboxylic acids is 2. The molecule has 3 aliphatic rings. The van der Waals surface area contributed by atoms with Crippen LogP contribution in [0.25, 0.3) is 0 Å². The fourth-order valence-electron chi connectivity index (χ4n) is 5.60. The first-order valence-corrected chi connectivity index (χ1v) is 15.9. The molecule has 1 aromatic carbocycles. The van der Waals surface area contributed by atoms with E-state index >= 15 is 0 Å². The molecule has 0 spiro atoms. The molecule has 0 aromatic heterocycles. The number of rotatable bonds is 11. The Balaban J connectivity index is 0.00000323. The summed E-state index contributed by atoms with van der Waals surface area (Å²) in [5.74, 6) is -0.769. The molecule has 2 saturated heterocycles. The Morgan fingerprint density at radius 3 is 1.91 bits per heavy atom. The van der Waals surface area contributed by atoms with E-state index in [1.54, 1.807) is 6.07 Å². The van der Waals surface area contributed by atoms with E-state index in [1.165, 1.54) is 21.6 Å². The van der Waals surface area contributed by atoms with E-state index in [0.29, 0.717) is 64.8 Å². The van der Waals surface area contributed by atoms with Crippen molar-refractivity contribution in [2.45, 2.75) is 31.8 Å². The van der Waals surface area contributed by atoms with E-state index in [0.717, 1.165) is 44.2 Å². The molecule has 2 fully saturated rings. The van der Waals surface area contributed by atoms with Crippen LogP contribution in [0.4, 0.5) is 0 Å². The molecule has 242 valence electrons. The molecular formula is C29H41Cl4N3O6S. The normalized spacial score (nSPS) is 19.8. The van der Waals surface area contributed by atoms with Crippen LogP contribution in [0.1, 0.15) is 20.8 Å². The lowest BCUT2D eigenvalue weighted by Crippen LogP contribution is -3.18. The van der Waals surface area contributed by atoms with Crippen molar-refractivity contribution in [3.8, 4) is 0 Å². The fourth-order valence-corrected chi connectivity index (χ4v) is 7.07. The number of halogens is 4. The zero-order valence-corrected chi connectivity index (χ0v) is 28.6. The number of carbonyl (C=O) groups is 2. The second-order valence-electron chi connectivity index (χ2n) is 10.7. The molecule has 1 atom stereocenters. The van der Waals surface area contributed by atoms with E-state index in [1.807, 2.05) is 32.9 Å². The summed E-state index contributed by atoms with van der Waals surface area (Å²) in [7, 11) is 0. The van der Waals surface area contributed by atoms with Gasteiger partial charge in [-0.3, -0.25) is 0 Å². The summed E-state index contributed by atoms with van der Waals surface area (Å²) in [4.78, 5) is 30.5. The summed E-state index contributed by atoms with van der Waals surface area (Å²) >= 11 is 13.7. The third-order valence-electron chi connectivity index (χ3n) is 7.62. The van der Waals surface area contributed by atoms with Crippen LogP contribution in [0, 0.1) is 5.92 Å². The lowest BCUT2D eigenvalue weighted by Gasteiger charge is -2.32. The topological polar surface area (TPSA) is 92.0 Å². The zero-order valence-electron chi connectivity index (χ0n) is 24.7. The number of dihydropyridines is 1. The van der Waals surface area contributed by atoms with Gasteiger partial charge in [-0.1, -0.05) is 30.1 Å². The third kappa shape index (κ3) is 11.3. The number of thioether (sulfide) groups is 1. The highest BCUT2D eigenvalue weighted by Crippen LogP contribution is 2.31. The predicted molar refractivity (Wildman–Crippen MR) is 158 cm³/mol. The molecule has 1 aromatic rings. The van der Waals surface area contributed by atoms with Gasteiger partial charge in [0.05, 0.1) is 37.6 Å². The minimum absolute atomic E-state index is 0. The number of esters is 2. The van der Waals surface area contributed by atoms with E-state index in [4.69, 9.17) is 42.1 Å². The minimum Gasteiger partial charge on any atom is -1.00 e. The molecule has 9 nitrogen and oxygen atoms in total. The number of nitrogens with one attached hydrogen (secondary N) is 3. The average molecular weight is 702 g/mol. The summed E-state index contributed by atoms with van der Waals surface area (Å²) < 4.78 is 22.9. The highest BCUT2D eigenvalue weighted by atomic mass is 35.5. The largest absolute Gasteiger partial charge is 1.00 e. The van der Waals surface area contributed by atoms with Gasteiger partial charge in [0.2, 0.25) is 0 Å². The van der Waals surface area contributed by atoms with E-state index < -0.39 is 11.9 Å². The third-order valence-corrected chi connectivity index (χ3v) is 8.99. The second kappa shape index (κ2) is 18.7. The molecule has 3 heterocycles. The van der Waals surface area contributed by atoms with Crippen molar-refractivity contribution in [1.82, 2.24) is 5.32 Å². The highest BCUT2D eigenvalue weighted by Gasteiger charge is 2.36. The number of benzene rings is 1. The van der Waals surface area contributed by atoms with Gasteiger partial charge in [0.25, 0.3) is 0 Å². The Hall–Kier alpha value is -1.21. The molecule has 0 amide bonds. The summed E-state index contributed by atoms with van der Waals surface area (Å²) in [6, 6.07) is 5.31. The first-order chi connectivity index (χ1) is 19.7. The van der Waals surface area contributed by atoms with Crippen LogP contribution in [0.2, 0.25) is 10.0 Å². The van der Waals surface area contributed by atoms with Gasteiger partial charge < -0.3 is 58.9 Å². The number of ether oxygens (including phenoxy) is 4. The Kier molecular flexibility index (Phi) is 16.5. The predicted octanol–water partition coefficient (Wildman–Crippen LogP) is -4.83. The fraction of sp³-hybridized carbons (Fsp3) is 0.586. The van der Waals surface area contributed by atoms with Gasteiger partial charge in [0, 0.05) is 38.0 Å². The molecule has 0 radical (unpaired) electrons. The first-order valence-electron chi connectivity index (χ1n) is 14.2. The molecule has 1 unspecified atom stereocenters. The number of morpholine rings is 2. The molecule has 0 aliphatic carbocycles. The molecule has 3 aliphatic heterocycles. The second-order valence-corrected chi connectivity index (χ2v) is 12.7. The van der Waals surface area contributed by atoms with Gasteiger partial charge in [-0.2, -0.15) is 0 Å². The van der Waals surface area contributed by atoms with Gasteiger partial charge in [-0.25, -0.2) is 9.59 Å².